The quantitative estimate of drug-likeness (QED) is 0.827. The number of halogens is 2. The van der Waals surface area contributed by atoms with Crippen LogP contribution in [-0.4, -0.2) is 31.6 Å². The molecule has 0 bridgehead atoms. The molecule has 0 radical (unpaired) electrons. The van der Waals surface area contributed by atoms with Crippen LogP contribution in [0.15, 0.2) is 17.5 Å². The van der Waals surface area contributed by atoms with Crippen molar-refractivity contribution >= 4 is 36.2 Å². The van der Waals surface area contributed by atoms with Crippen molar-refractivity contribution in [1.29, 1.82) is 0 Å². The first-order valence-electron chi connectivity index (χ1n) is 4.32. The zero-order valence-electron chi connectivity index (χ0n) is 8.10. The number of piperazine rings is 1. The Bertz CT molecular complexity index is 241. The maximum Gasteiger partial charge on any atom is 0.0564 e. The lowest BCUT2D eigenvalue weighted by Crippen LogP contribution is -2.43. The van der Waals surface area contributed by atoms with Gasteiger partial charge in [0.05, 0.1) is 6.04 Å². The van der Waals surface area contributed by atoms with Crippen LogP contribution in [0.5, 0.6) is 0 Å². The average Bonchev–Trinajstić information content (AvgIpc) is 2.57. The van der Waals surface area contributed by atoms with Gasteiger partial charge in [-0.15, -0.1) is 36.2 Å². The molecule has 1 atom stereocenters. The number of thiophene rings is 1. The molecule has 1 aromatic heterocycles. The Morgan fingerprint density at radius 1 is 1.50 bits per heavy atom. The molecule has 0 aromatic carbocycles. The summed E-state index contributed by atoms with van der Waals surface area (Å²) >= 11 is 1.85. The van der Waals surface area contributed by atoms with Gasteiger partial charge in [0.2, 0.25) is 0 Å². The number of hydrogen-bond acceptors (Lipinski definition) is 3. The van der Waals surface area contributed by atoms with Crippen molar-refractivity contribution in [2.75, 3.05) is 26.7 Å². The molecule has 82 valence electrons. The minimum absolute atomic E-state index is 0. The van der Waals surface area contributed by atoms with E-state index in [1.165, 1.54) is 4.88 Å². The van der Waals surface area contributed by atoms with Crippen LogP contribution < -0.4 is 5.32 Å². The molecule has 0 saturated carbocycles. The average molecular weight is 255 g/mol. The first-order chi connectivity index (χ1) is 5.88. The zero-order chi connectivity index (χ0) is 8.39. The minimum atomic E-state index is 0. The highest BCUT2D eigenvalue weighted by Crippen LogP contribution is 2.24. The summed E-state index contributed by atoms with van der Waals surface area (Å²) in [6.45, 7) is 3.37. The Morgan fingerprint density at radius 3 is 2.86 bits per heavy atom. The predicted octanol–water partition coefficient (Wildman–Crippen LogP) is 2.17. The van der Waals surface area contributed by atoms with E-state index < -0.39 is 0 Å². The third-order valence-electron chi connectivity index (χ3n) is 2.38. The molecule has 0 spiro atoms. The van der Waals surface area contributed by atoms with Gasteiger partial charge in [-0.1, -0.05) is 6.07 Å². The van der Waals surface area contributed by atoms with Crippen molar-refractivity contribution in [1.82, 2.24) is 10.2 Å². The van der Waals surface area contributed by atoms with E-state index in [1.807, 2.05) is 11.3 Å². The number of nitrogens with zero attached hydrogens (tertiary/aromatic N) is 1. The van der Waals surface area contributed by atoms with Gasteiger partial charge in [0.1, 0.15) is 0 Å². The number of nitrogens with one attached hydrogen (secondary N) is 1. The summed E-state index contributed by atoms with van der Waals surface area (Å²) in [6.07, 6.45) is 0. The molecule has 1 aromatic rings. The van der Waals surface area contributed by atoms with E-state index in [1.54, 1.807) is 0 Å². The van der Waals surface area contributed by atoms with Gasteiger partial charge in [0.15, 0.2) is 0 Å². The number of hydrogen-bond donors (Lipinski definition) is 1. The Morgan fingerprint density at radius 2 is 2.29 bits per heavy atom. The number of likely N-dealkylation sites (N-methyl/N-ethyl adjacent to an activating group) is 1. The summed E-state index contributed by atoms with van der Waals surface area (Å²) in [5.41, 5.74) is 0. The first-order valence-corrected chi connectivity index (χ1v) is 5.20. The highest BCUT2D eigenvalue weighted by atomic mass is 35.5. The largest absolute Gasteiger partial charge is 0.314 e. The van der Waals surface area contributed by atoms with Gasteiger partial charge in [-0.25, -0.2) is 0 Å². The smallest absolute Gasteiger partial charge is 0.0564 e. The second-order valence-corrected chi connectivity index (χ2v) is 4.20. The van der Waals surface area contributed by atoms with Crippen molar-refractivity contribution in [3.8, 4) is 0 Å². The van der Waals surface area contributed by atoms with Gasteiger partial charge in [-0.2, -0.15) is 0 Å². The standard InChI is InChI=1S/C9H14N2S.2ClH/c1-11-5-4-10-7-8(11)9-3-2-6-12-9;;/h2-3,6,8,10H,4-5,7H2,1H3;2*1H. The highest BCUT2D eigenvalue weighted by molar-refractivity contribution is 7.10. The fourth-order valence-corrected chi connectivity index (χ4v) is 2.50. The molecular formula is C9H16Cl2N2S. The fraction of sp³-hybridized carbons (Fsp3) is 0.556. The third-order valence-corrected chi connectivity index (χ3v) is 3.36. The Kier molecular flexibility index (Phi) is 6.74. The van der Waals surface area contributed by atoms with Crippen LogP contribution in [0, 0.1) is 0 Å². The lowest BCUT2D eigenvalue weighted by molar-refractivity contribution is 0.205. The molecule has 1 aliphatic rings. The lowest BCUT2D eigenvalue weighted by atomic mass is 10.2. The van der Waals surface area contributed by atoms with Gasteiger partial charge >= 0.3 is 0 Å². The molecular weight excluding hydrogens is 239 g/mol. The van der Waals surface area contributed by atoms with Crippen LogP contribution in [0.25, 0.3) is 0 Å². The van der Waals surface area contributed by atoms with Gasteiger partial charge in [-0.05, 0) is 18.5 Å². The Hall–Kier alpha value is 0.200. The molecule has 2 rings (SSSR count). The molecule has 2 nitrogen and oxygen atoms in total. The second-order valence-electron chi connectivity index (χ2n) is 3.22. The van der Waals surface area contributed by atoms with E-state index in [0.717, 1.165) is 19.6 Å². The normalized spacial score (nSPS) is 22.2. The van der Waals surface area contributed by atoms with Gasteiger partial charge in [-0.3, -0.25) is 4.90 Å². The van der Waals surface area contributed by atoms with E-state index in [-0.39, 0.29) is 24.8 Å². The molecule has 0 aliphatic carbocycles. The SMILES string of the molecule is CN1CCNCC1c1cccs1.Cl.Cl. The van der Waals surface area contributed by atoms with E-state index in [0.29, 0.717) is 6.04 Å². The predicted molar refractivity (Wildman–Crippen MR) is 67.1 cm³/mol. The summed E-state index contributed by atoms with van der Waals surface area (Å²) in [6, 6.07) is 4.94. The van der Waals surface area contributed by atoms with E-state index >= 15 is 0 Å². The van der Waals surface area contributed by atoms with Gasteiger partial charge in [0, 0.05) is 24.5 Å². The number of rotatable bonds is 1. The van der Waals surface area contributed by atoms with Crippen LogP contribution in [0.1, 0.15) is 10.9 Å². The fourth-order valence-electron chi connectivity index (χ4n) is 1.60. The van der Waals surface area contributed by atoms with Crippen LogP contribution in [0.3, 0.4) is 0 Å². The maximum atomic E-state index is 3.42. The molecule has 1 saturated heterocycles. The lowest BCUT2D eigenvalue weighted by Gasteiger charge is -2.32. The zero-order valence-corrected chi connectivity index (χ0v) is 10.6. The van der Waals surface area contributed by atoms with E-state index in [2.05, 4.69) is 34.8 Å². The van der Waals surface area contributed by atoms with E-state index in [9.17, 15) is 0 Å². The topological polar surface area (TPSA) is 15.3 Å². The van der Waals surface area contributed by atoms with Crippen molar-refractivity contribution in [2.45, 2.75) is 6.04 Å². The molecule has 5 heteroatoms. The molecule has 1 fully saturated rings. The van der Waals surface area contributed by atoms with Crippen LogP contribution in [0.4, 0.5) is 0 Å². The Balaban J connectivity index is 0.000000845. The van der Waals surface area contributed by atoms with Crippen molar-refractivity contribution in [3.05, 3.63) is 22.4 Å². The highest BCUT2D eigenvalue weighted by Gasteiger charge is 2.20. The minimum Gasteiger partial charge on any atom is -0.314 e. The van der Waals surface area contributed by atoms with Crippen LogP contribution in [-0.2, 0) is 0 Å². The third kappa shape index (κ3) is 3.11. The van der Waals surface area contributed by atoms with Crippen LogP contribution in [0.2, 0.25) is 0 Å². The van der Waals surface area contributed by atoms with Gasteiger partial charge < -0.3 is 5.32 Å². The summed E-state index contributed by atoms with van der Waals surface area (Å²) in [5, 5.41) is 5.57. The first kappa shape index (κ1) is 14.2. The molecule has 1 unspecified atom stereocenters. The van der Waals surface area contributed by atoms with E-state index in [4.69, 9.17) is 0 Å². The molecule has 1 N–H and O–H groups in total. The van der Waals surface area contributed by atoms with Crippen LogP contribution >= 0.6 is 36.2 Å². The molecule has 2 heterocycles. The maximum absolute atomic E-state index is 3.42. The summed E-state index contributed by atoms with van der Waals surface area (Å²) in [5.74, 6) is 0. The molecule has 1 aliphatic heterocycles. The summed E-state index contributed by atoms with van der Waals surface area (Å²) in [7, 11) is 2.20. The monoisotopic (exact) mass is 254 g/mol. The molecule has 14 heavy (non-hydrogen) atoms. The molecule has 0 amide bonds. The Labute approximate surface area is 102 Å². The van der Waals surface area contributed by atoms with Crippen molar-refractivity contribution < 1.29 is 0 Å². The van der Waals surface area contributed by atoms with Crippen molar-refractivity contribution in [2.24, 2.45) is 0 Å². The second kappa shape index (κ2) is 6.64. The summed E-state index contributed by atoms with van der Waals surface area (Å²) in [4.78, 5) is 3.90. The van der Waals surface area contributed by atoms with Crippen molar-refractivity contribution in [3.63, 3.8) is 0 Å². The van der Waals surface area contributed by atoms with Gasteiger partial charge in [0.25, 0.3) is 0 Å². The summed E-state index contributed by atoms with van der Waals surface area (Å²) < 4.78 is 0.